The maximum absolute atomic E-state index is 10.1. The van der Waals surface area contributed by atoms with E-state index >= 15 is 0 Å². The van der Waals surface area contributed by atoms with Crippen LogP contribution < -0.4 is 9.47 Å². The summed E-state index contributed by atoms with van der Waals surface area (Å²) in [6.07, 6.45) is 1.42. The Kier molecular flexibility index (Phi) is 3.66. The first kappa shape index (κ1) is 15.0. The van der Waals surface area contributed by atoms with Gasteiger partial charge in [-0.15, -0.1) is 10.2 Å². The van der Waals surface area contributed by atoms with Gasteiger partial charge in [0, 0.05) is 17.6 Å². The van der Waals surface area contributed by atoms with Crippen molar-refractivity contribution in [3.63, 3.8) is 0 Å². The van der Waals surface area contributed by atoms with Gasteiger partial charge in [0.25, 0.3) is 0 Å². The molecule has 2 aromatic heterocycles. The van der Waals surface area contributed by atoms with Crippen LogP contribution in [0.3, 0.4) is 0 Å². The molecule has 122 valence electrons. The van der Waals surface area contributed by atoms with E-state index in [0.717, 1.165) is 0 Å². The van der Waals surface area contributed by atoms with Gasteiger partial charge >= 0.3 is 0 Å². The number of H-pyrrole nitrogens is 1. The molecule has 0 saturated heterocycles. The van der Waals surface area contributed by atoms with Gasteiger partial charge in [-0.3, -0.25) is 0 Å². The highest BCUT2D eigenvalue weighted by molar-refractivity contribution is 6.35. The highest BCUT2D eigenvalue weighted by atomic mass is 35.5. The Hall–Kier alpha value is -2.51. The fourth-order valence-corrected chi connectivity index (χ4v) is 2.80. The second kappa shape index (κ2) is 5.85. The molecule has 1 aromatic carbocycles. The standard InChI is InChI=1S/C15H10Cl2N4O3/c16-7-3-9(17)14(18-6-7)21-20-13-8-4-11-12(24-2-1-23-11)5-10(8)19-15(13)22/h3-6,19,22H,1-2H2. The van der Waals surface area contributed by atoms with Crippen LogP contribution in [-0.4, -0.2) is 28.3 Å². The summed E-state index contributed by atoms with van der Waals surface area (Å²) >= 11 is 11.8. The molecule has 9 heteroatoms. The Morgan fingerprint density at radius 3 is 2.58 bits per heavy atom. The van der Waals surface area contributed by atoms with Crippen molar-refractivity contribution in [2.24, 2.45) is 10.2 Å². The molecule has 0 amide bonds. The number of hydrogen-bond donors (Lipinski definition) is 2. The van der Waals surface area contributed by atoms with Gasteiger partial charge in [0.2, 0.25) is 5.88 Å². The van der Waals surface area contributed by atoms with E-state index in [1.807, 2.05) is 0 Å². The van der Waals surface area contributed by atoms with E-state index in [2.05, 4.69) is 20.2 Å². The summed E-state index contributed by atoms with van der Waals surface area (Å²) in [6.45, 7) is 0.953. The van der Waals surface area contributed by atoms with E-state index in [9.17, 15) is 5.11 Å². The SMILES string of the molecule is Oc1[nH]c2cc3c(cc2c1N=Nc1ncc(Cl)cc1Cl)OCCO3. The van der Waals surface area contributed by atoms with Crippen LogP contribution in [0.1, 0.15) is 0 Å². The van der Waals surface area contributed by atoms with E-state index in [0.29, 0.717) is 40.6 Å². The van der Waals surface area contributed by atoms with Crippen LogP contribution in [0.5, 0.6) is 17.4 Å². The lowest BCUT2D eigenvalue weighted by Crippen LogP contribution is -2.15. The molecular formula is C15H10Cl2N4O3. The van der Waals surface area contributed by atoms with Gasteiger partial charge in [0.05, 0.1) is 15.6 Å². The predicted octanol–water partition coefficient (Wildman–Crippen LogP) is 4.76. The Bertz CT molecular complexity index is 971. The molecule has 0 spiro atoms. The zero-order chi connectivity index (χ0) is 16.7. The number of aromatic amines is 1. The summed E-state index contributed by atoms with van der Waals surface area (Å²) in [4.78, 5) is 6.83. The monoisotopic (exact) mass is 364 g/mol. The molecule has 0 saturated carbocycles. The minimum Gasteiger partial charge on any atom is -0.493 e. The normalized spacial score (nSPS) is 13.8. The fourth-order valence-electron chi connectivity index (χ4n) is 2.38. The quantitative estimate of drug-likeness (QED) is 0.641. The Morgan fingerprint density at radius 2 is 1.83 bits per heavy atom. The molecule has 0 bridgehead atoms. The zero-order valence-corrected chi connectivity index (χ0v) is 13.6. The van der Waals surface area contributed by atoms with Crippen LogP contribution in [0.4, 0.5) is 11.5 Å². The third-order valence-corrected chi connectivity index (χ3v) is 3.93. The Morgan fingerprint density at radius 1 is 1.08 bits per heavy atom. The first-order valence-electron chi connectivity index (χ1n) is 6.99. The van der Waals surface area contributed by atoms with Crippen LogP contribution in [0.2, 0.25) is 10.0 Å². The molecule has 24 heavy (non-hydrogen) atoms. The van der Waals surface area contributed by atoms with E-state index in [1.54, 1.807) is 12.1 Å². The maximum Gasteiger partial charge on any atom is 0.218 e. The van der Waals surface area contributed by atoms with Crippen molar-refractivity contribution in [2.75, 3.05) is 13.2 Å². The van der Waals surface area contributed by atoms with Crippen molar-refractivity contribution in [2.45, 2.75) is 0 Å². The zero-order valence-electron chi connectivity index (χ0n) is 12.1. The molecule has 3 aromatic rings. The number of fused-ring (bicyclic) bond motifs is 2. The van der Waals surface area contributed by atoms with E-state index in [4.69, 9.17) is 32.7 Å². The summed E-state index contributed by atoms with van der Waals surface area (Å²) in [5, 5.41) is 19.5. The third kappa shape index (κ3) is 2.61. The van der Waals surface area contributed by atoms with Crippen molar-refractivity contribution in [1.82, 2.24) is 9.97 Å². The number of ether oxygens (including phenoxy) is 2. The molecule has 1 aliphatic rings. The van der Waals surface area contributed by atoms with Gasteiger partial charge in [0.15, 0.2) is 23.0 Å². The number of pyridine rings is 1. The van der Waals surface area contributed by atoms with Crippen molar-refractivity contribution >= 4 is 45.6 Å². The van der Waals surface area contributed by atoms with Crippen LogP contribution in [-0.2, 0) is 0 Å². The van der Waals surface area contributed by atoms with E-state index in [-0.39, 0.29) is 22.4 Å². The number of hydrogen-bond acceptors (Lipinski definition) is 6. The summed E-state index contributed by atoms with van der Waals surface area (Å²) in [6, 6.07) is 5.00. The van der Waals surface area contributed by atoms with Crippen LogP contribution in [0.25, 0.3) is 10.9 Å². The average Bonchev–Trinajstić information content (AvgIpc) is 2.86. The van der Waals surface area contributed by atoms with Crippen LogP contribution in [0.15, 0.2) is 34.6 Å². The number of nitrogens with one attached hydrogen (secondary N) is 1. The molecule has 0 aliphatic carbocycles. The van der Waals surface area contributed by atoms with Crippen molar-refractivity contribution in [1.29, 1.82) is 0 Å². The molecule has 0 unspecified atom stereocenters. The summed E-state index contributed by atoms with van der Waals surface area (Å²) in [7, 11) is 0. The van der Waals surface area contributed by atoms with Gasteiger partial charge in [-0.05, 0) is 12.1 Å². The van der Waals surface area contributed by atoms with E-state index < -0.39 is 0 Å². The maximum atomic E-state index is 10.1. The fraction of sp³-hybridized carbons (Fsp3) is 0.133. The molecule has 1 aliphatic heterocycles. The molecule has 2 N–H and O–H groups in total. The van der Waals surface area contributed by atoms with Crippen molar-refractivity contribution in [3.8, 4) is 17.4 Å². The van der Waals surface area contributed by atoms with Gasteiger partial charge in [-0.1, -0.05) is 23.2 Å². The van der Waals surface area contributed by atoms with Gasteiger partial charge in [-0.25, -0.2) is 4.98 Å². The number of halogens is 2. The number of nitrogens with zero attached hydrogens (tertiary/aromatic N) is 3. The summed E-state index contributed by atoms with van der Waals surface area (Å²) in [5.74, 6) is 1.28. The second-order valence-corrected chi connectivity index (χ2v) is 5.87. The van der Waals surface area contributed by atoms with Crippen LogP contribution in [0, 0.1) is 0 Å². The van der Waals surface area contributed by atoms with Crippen LogP contribution >= 0.6 is 23.2 Å². The molecular weight excluding hydrogens is 355 g/mol. The number of aromatic hydroxyl groups is 1. The molecule has 4 rings (SSSR count). The van der Waals surface area contributed by atoms with E-state index in [1.165, 1.54) is 12.3 Å². The number of azo groups is 1. The van der Waals surface area contributed by atoms with Crippen molar-refractivity contribution < 1.29 is 14.6 Å². The summed E-state index contributed by atoms with van der Waals surface area (Å²) in [5.41, 5.74) is 0.913. The molecule has 3 heterocycles. The number of benzene rings is 1. The van der Waals surface area contributed by atoms with Gasteiger partial charge in [-0.2, -0.15) is 0 Å². The molecule has 7 nitrogen and oxygen atoms in total. The highest BCUT2D eigenvalue weighted by Crippen LogP contribution is 2.42. The average molecular weight is 365 g/mol. The predicted molar refractivity (Wildman–Crippen MR) is 89.4 cm³/mol. The first-order chi connectivity index (χ1) is 11.6. The summed E-state index contributed by atoms with van der Waals surface area (Å²) < 4.78 is 11.1. The lowest BCUT2D eigenvalue weighted by Gasteiger charge is -2.18. The second-order valence-electron chi connectivity index (χ2n) is 5.02. The number of aromatic nitrogens is 2. The van der Waals surface area contributed by atoms with Crippen molar-refractivity contribution in [3.05, 3.63) is 34.4 Å². The lowest BCUT2D eigenvalue weighted by atomic mass is 10.2. The lowest BCUT2D eigenvalue weighted by molar-refractivity contribution is 0.172. The third-order valence-electron chi connectivity index (χ3n) is 3.45. The smallest absolute Gasteiger partial charge is 0.218 e. The first-order valence-corrected chi connectivity index (χ1v) is 7.74. The minimum atomic E-state index is -0.124. The topological polar surface area (TPSA) is 92.1 Å². The Balaban J connectivity index is 1.78. The van der Waals surface area contributed by atoms with Gasteiger partial charge in [0.1, 0.15) is 13.2 Å². The number of rotatable bonds is 2. The molecule has 0 radical (unpaired) electrons. The Labute approximate surface area is 145 Å². The molecule has 0 fully saturated rings. The largest absolute Gasteiger partial charge is 0.493 e. The van der Waals surface area contributed by atoms with Gasteiger partial charge < -0.3 is 19.6 Å². The minimum absolute atomic E-state index is 0.124. The molecule has 0 atom stereocenters. The highest BCUT2D eigenvalue weighted by Gasteiger charge is 2.18.